The van der Waals surface area contributed by atoms with Gasteiger partial charge in [0.2, 0.25) is 0 Å². The Kier molecular flexibility index (Phi) is 4.83. The molecule has 138 valence electrons. The van der Waals surface area contributed by atoms with E-state index in [1.54, 1.807) is 0 Å². The molecule has 0 radical (unpaired) electrons. The fourth-order valence-electron chi connectivity index (χ4n) is 4.00. The Morgan fingerprint density at radius 2 is 1.85 bits per heavy atom. The van der Waals surface area contributed by atoms with E-state index in [1.165, 1.54) is 58.2 Å². The Bertz CT molecular complexity index is 1120. The lowest BCUT2D eigenvalue weighted by Gasteiger charge is -2.13. The molecule has 4 aromatic rings. The predicted molar refractivity (Wildman–Crippen MR) is 116 cm³/mol. The van der Waals surface area contributed by atoms with E-state index in [2.05, 4.69) is 37.3 Å². The molecular formula is C23H22ClNOS. The molecule has 0 amide bonds. The number of furan rings is 1. The first-order valence-electron chi connectivity index (χ1n) is 9.28. The molecule has 0 N–H and O–H groups in total. The summed E-state index contributed by atoms with van der Waals surface area (Å²) in [7, 11) is 0. The Labute approximate surface area is 169 Å². The molecule has 4 heteroatoms. The number of benzene rings is 1. The van der Waals surface area contributed by atoms with Crippen LogP contribution in [-0.4, -0.2) is 4.98 Å². The topological polar surface area (TPSA) is 26.0 Å². The molecule has 27 heavy (non-hydrogen) atoms. The largest absolute Gasteiger partial charge is 0.460 e. The molecule has 1 aliphatic carbocycles. The van der Waals surface area contributed by atoms with Crippen molar-refractivity contribution >= 4 is 34.0 Å². The minimum Gasteiger partial charge on any atom is -0.460 e. The summed E-state index contributed by atoms with van der Waals surface area (Å²) in [6.45, 7) is 4.13. The van der Waals surface area contributed by atoms with E-state index >= 15 is 0 Å². The van der Waals surface area contributed by atoms with E-state index in [9.17, 15) is 0 Å². The van der Waals surface area contributed by atoms with Crippen molar-refractivity contribution in [2.24, 2.45) is 0 Å². The summed E-state index contributed by atoms with van der Waals surface area (Å²) in [5.74, 6) is 1.77. The average molecular weight is 396 g/mol. The molecule has 1 aliphatic rings. The van der Waals surface area contributed by atoms with Gasteiger partial charge in [0.1, 0.15) is 16.3 Å². The maximum atomic E-state index is 5.88. The number of nitrogens with zero attached hydrogens (tertiary/aromatic N) is 1. The van der Waals surface area contributed by atoms with E-state index in [-0.39, 0.29) is 12.4 Å². The number of thiophene rings is 1. The standard InChI is InChI=1S/C23H21NOS.ClH/c1-14-6-5-7-16(12-14)18-13-19(20-11-10-15(2)25-20)24-23-22(18)17-8-3-4-9-21(17)26-23;/h5-7,10-13H,3-4,8-9H2,1-2H3;1H. The summed E-state index contributed by atoms with van der Waals surface area (Å²) >= 11 is 1.88. The van der Waals surface area contributed by atoms with Crippen molar-refractivity contribution in [3.63, 3.8) is 0 Å². The number of aryl methyl sites for hydroxylation is 4. The van der Waals surface area contributed by atoms with Crippen LogP contribution in [0.2, 0.25) is 0 Å². The molecule has 0 aliphatic heterocycles. The predicted octanol–water partition coefficient (Wildman–Crippen LogP) is 7.14. The fraction of sp³-hybridized carbons (Fsp3) is 0.261. The molecule has 0 saturated carbocycles. The molecular weight excluding hydrogens is 374 g/mol. The van der Waals surface area contributed by atoms with Gasteiger partial charge >= 0.3 is 0 Å². The van der Waals surface area contributed by atoms with Crippen molar-refractivity contribution in [2.45, 2.75) is 39.5 Å². The Hall–Kier alpha value is -2.10. The van der Waals surface area contributed by atoms with Crippen molar-refractivity contribution < 1.29 is 4.42 Å². The normalized spacial score (nSPS) is 13.4. The van der Waals surface area contributed by atoms with Gasteiger partial charge in [0.15, 0.2) is 5.76 Å². The fourth-order valence-corrected chi connectivity index (χ4v) is 5.28. The third-order valence-corrected chi connectivity index (χ3v) is 6.43. The summed E-state index contributed by atoms with van der Waals surface area (Å²) < 4.78 is 5.88. The number of pyridine rings is 1. The van der Waals surface area contributed by atoms with Gasteiger partial charge in [-0.2, -0.15) is 0 Å². The SMILES string of the molecule is Cc1cccc(-c2cc(-c3ccc(C)o3)nc3sc4c(c23)CCCC4)c1.Cl. The second-order valence-electron chi connectivity index (χ2n) is 7.23. The summed E-state index contributed by atoms with van der Waals surface area (Å²) in [6.07, 6.45) is 4.95. The summed E-state index contributed by atoms with van der Waals surface area (Å²) in [6, 6.07) is 15.0. The highest BCUT2D eigenvalue weighted by molar-refractivity contribution is 7.19. The maximum absolute atomic E-state index is 5.88. The first-order valence-corrected chi connectivity index (χ1v) is 10.1. The van der Waals surface area contributed by atoms with Crippen molar-refractivity contribution in [3.05, 3.63) is 64.2 Å². The third-order valence-electron chi connectivity index (χ3n) is 5.25. The van der Waals surface area contributed by atoms with Crippen molar-refractivity contribution in [3.8, 4) is 22.6 Å². The molecule has 2 nitrogen and oxygen atoms in total. The first-order chi connectivity index (χ1) is 12.7. The first kappa shape index (κ1) is 18.3. The van der Waals surface area contributed by atoms with Crippen LogP contribution in [0.3, 0.4) is 0 Å². The van der Waals surface area contributed by atoms with E-state index in [0.29, 0.717) is 0 Å². The lowest BCUT2D eigenvalue weighted by Crippen LogP contribution is -1.99. The van der Waals surface area contributed by atoms with Crippen molar-refractivity contribution in [1.82, 2.24) is 4.98 Å². The lowest BCUT2D eigenvalue weighted by molar-refractivity contribution is 0.546. The van der Waals surface area contributed by atoms with E-state index in [1.807, 2.05) is 30.4 Å². The summed E-state index contributed by atoms with van der Waals surface area (Å²) in [5.41, 5.74) is 6.31. The molecule has 0 bridgehead atoms. The van der Waals surface area contributed by atoms with Gasteiger partial charge in [-0.3, -0.25) is 0 Å². The summed E-state index contributed by atoms with van der Waals surface area (Å²) in [5, 5.41) is 1.36. The van der Waals surface area contributed by atoms with Crippen molar-refractivity contribution in [2.75, 3.05) is 0 Å². The van der Waals surface area contributed by atoms with E-state index in [4.69, 9.17) is 9.40 Å². The van der Waals surface area contributed by atoms with Crippen LogP contribution in [0.5, 0.6) is 0 Å². The molecule has 3 aromatic heterocycles. The highest BCUT2D eigenvalue weighted by Crippen LogP contribution is 2.42. The van der Waals surface area contributed by atoms with Gasteiger partial charge in [-0.15, -0.1) is 23.7 Å². The lowest BCUT2D eigenvalue weighted by atomic mass is 9.92. The third kappa shape index (κ3) is 3.19. The van der Waals surface area contributed by atoms with Crippen LogP contribution in [-0.2, 0) is 12.8 Å². The van der Waals surface area contributed by atoms with Gasteiger partial charge in [-0.1, -0.05) is 29.8 Å². The quantitative estimate of drug-likeness (QED) is 0.360. The molecule has 0 unspecified atom stereocenters. The minimum atomic E-state index is 0. The molecule has 1 aromatic carbocycles. The van der Waals surface area contributed by atoms with Crippen LogP contribution >= 0.6 is 23.7 Å². The molecule has 0 fully saturated rings. The zero-order valence-electron chi connectivity index (χ0n) is 15.5. The van der Waals surface area contributed by atoms with Crippen molar-refractivity contribution in [1.29, 1.82) is 0 Å². The van der Waals surface area contributed by atoms with Crippen LogP contribution in [0, 0.1) is 13.8 Å². The summed E-state index contributed by atoms with van der Waals surface area (Å²) in [4.78, 5) is 7.68. The highest BCUT2D eigenvalue weighted by Gasteiger charge is 2.21. The van der Waals surface area contributed by atoms with Gasteiger partial charge in [0.25, 0.3) is 0 Å². The zero-order valence-corrected chi connectivity index (χ0v) is 17.2. The number of halogens is 1. The Morgan fingerprint density at radius 3 is 2.63 bits per heavy atom. The van der Waals surface area contributed by atoms with Gasteiger partial charge in [-0.05, 0) is 74.4 Å². The van der Waals surface area contributed by atoms with Crippen LogP contribution in [0.25, 0.3) is 32.8 Å². The Balaban J connectivity index is 0.00000180. The van der Waals surface area contributed by atoms with E-state index in [0.717, 1.165) is 22.0 Å². The zero-order chi connectivity index (χ0) is 17.7. The van der Waals surface area contributed by atoms with Gasteiger partial charge in [0, 0.05) is 10.3 Å². The van der Waals surface area contributed by atoms with Gasteiger partial charge in [0.05, 0.1) is 0 Å². The van der Waals surface area contributed by atoms with Crippen LogP contribution in [0.15, 0.2) is 46.9 Å². The molecule has 3 heterocycles. The number of fused-ring (bicyclic) bond motifs is 3. The Morgan fingerprint density at radius 1 is 1.00 bits per heavy atom. The molecule has 0 atom stereocenters. The van der Waals surface area contributed by atoms with Crippen LogP contribution in [0.4, 0.5) is 0 Å². The smallest absolute Gasteiger partial charge is 0.152 e. The molecule has 5 rings (SSSR count). The monoisotopic (exact) mass is 395 g/mol. The van der Waals surface area contributed by atoms with Gasteiger partial charge < -0.3 is 4.42 Å². The van der Waals surface area contributed by atoms with E-state index < -0.39 is 0 Å². The number of rotatable bonds is 2. The minimum absolute atomic E-state index is 0. The van der Waals surface area contributed by atoms with Crippen LogP contribution in [0.1, 0.15) is 34.6 Å². The number of hydrogen-bond acceptors (Lipinski definition) is 3. The second-order valence-corrected chi connectivity index (χ2v) is 8.31. The highest BCUT2D eigenvalue weighted by atomic mass is 35.5. The average Bonchev–Trinajstić information content (AvgIpc) is 3.24. The van der Waals surface area contributed by atoms with Crippen LogP contribution < -0.4 is 0 Å². The number of aromatic nitrogens is 1. The number of hydrogen-bond donors (Lipinski definition) is 0. The molecule has 0 spiro atoms. The molecule has 0 saturated heterocycles. The second kappa shape index (κ2) is 7.14. The maximum Gasteiger partial charge on any atom is 0.152 e. The van der Waals surface area contributed by atoms with Gasteiger partial charge in [-0.25, -0.2) is 4.98 Å².